The van der Waals surface area contributed by atoms with E-state index in [-0.39, 0.29) is 24.1 Å². The Balaban J connectivity index is 1.84. The van der Waals surface area contributed by atoms with Crippen molar-refractivity contribution >= 4 is 11.7 Å². The average molecular weight is 321 g/mol. The Labute approximate surface area is 138 Å². The molecule has 0 atom stereocenters. The van der Waals surface area contributed by atoms with Gasteiger partial charge in [0.25, 0.3) is 0 Å². The monoisotopic (exact) mass is 321 g/mol. The number of aromatic nitrogens is 4. The highest BCUT2D eigenvalue weighted by atomic mass is 16.1. The first-order valence-electron chi connectivity index (χ1n) is 7.33. The van der Waals surface area contributed by atoms with Crippen molar-refractivity contribution < 1.29 is 4.79 Å². The minimum atomic E-state index is -0.452. The van der Waals surface area contributed by atoms with Crippen LogP contribution < -0.4 is 11.0 Å². The Morgan fingerprint density at radius 1 is 1.08 bits per heavy atom. The summed E-state index contributed by atoms with van der Waals surface area (Å²) in [6.45, 7) is 0.0318. The molecule has 0 amide bonds. The largest absolute Gasteiger partial charge is 0.352 e. The number of hydrogen-bond donors (Lipinski definition) is 1. The zero-order valence-electron chi connectivity index (χ0n) is 13.0. The molecular weight excluding hydrogens is 306 g/mol. The molecule has 120 valence electrons. The molecule has 1 N–H and O–H groups in total. The van der Waals surface area contributed by atoms with Crippen LogP contribution >= 0.6 is 0 Å². The van der Waals surface area contributed by atoms with E-state index in [0.29, 0.717) is 11.1 Å². The molecule has 0 saturated carbocycles. The smallest absolute Gasteiger partial charge is 0.348 e. The van der Waals surface area contributed by atoms with Crippen LogP contribution in [0.3, 0.4) is 0 Å². The number of anilines is 1. The van der Waals surface area contributed by atoms with Crippen LogP contribution in [0.15, 0.2) is 59.7 Å². The number of ketones is 1. The van der Waals surface area contributed by atoms with Crippen molar-refractivity contribution in [2.75, 3.05) is 11.9 Å². The van der Waals surface area contributed by atoms with E-state index in [1.54, 1.807) is 55.8 Å². The maximum atomic E-state index is 12.2. The van der Waals surface area contributed by atoms with Crippen molar-refractivity contribution in [2.24, 2.45) is 7.05 Å². The predicted molar refractivity (Wildman–Crippen MR) is 89.8 cm³/mol. The number of rotatable bonds is 5. The van der Waals surface area contributed by atoms with Gasteiger partial charge in [-0.25, -0.2) is 4.79 Å². The van der Waals surface area contributed by atoms with Crippen LogP contribution in [-0.4, -0.2) is 31.8 Å². The summed E-state index contributed by atoms with van der Waals surface area (Å²) in [4.78, 5) is 36.4. The van der Waals surface area contributed by atoms with Crippen LogP contribution in [0.1, 0.15) is 10.4 Å². The Bertz CT molecular complexity index is 907. The number of Topliss-reactive ketones (excluding diaryl/α,β-unsaturated/α-hetero) is 1. The Morgan fingerprint density at radius 2 is 1.79 bits per heavy atom. The first-order valence-corrected chi connectivity index (χ1v) is 7.33. The molecule has 0 bridgehead atoms. The van der Waals surface area contributed by atoms with Crippen molar-refractivity contribution in [3.8, 4) is 11.4 Å². The molecule has 0 aliphatic rings. The quantitative estimate of drug-likeness (QED) is 0.717. The second-order valence-corrected chi connectivity index (χ2v) is 5.09. The van der Waals surface area contributed by atoms with E-state index >= 15 is 0 Å². The fourth-order valence-electron chi connectivity index (χ4n) is 2.13. The zero-order chi connectivity index (χ0) is 16.9. The number of nitrogens with zero attached hydrogens (tertiary/aromatic N) is 4. The molecule has 0 spiro atoms. The molecule has 0 radical (unpaired) electrons. The van der Waals surface area contributed by atoms with E-state index in [4.69, 9.17) is 0 Å². The van der Waals surface area contributed by atoms with Gasteiger partial charge in [-0.15, -0.1) is 0 Å². The van der Waals surface area contributed by atoms with Gasteiger partial charge in [-0.3, -0.25) is 14.3 Å². The zero-order valence-corrected chi connectivity index (χ0v) is 13.0. The van der Waals surface area contributed by atoms with Gasteiger partial charge in [0.2, 0.25) is 5.95 Å². The summed E-state index contributed by atoms with van der Waals surface area (Å²) in [5.41, 5.74) is 0.824. The average Bonchev–Trinajstić information content (AvgIpc) is 2.64. The van der Waals surface area contributed by atoms with Crippen LogP contribution in [0.2, 0.25) is 0 Å². The van der Waals surface area contributed by atoms with E-state index in [1.807, 2.05) is 6.07 Å². The SMILES string of the molecule is Cn1c(NCC(=O)c2ccccc2)nc(-c2ccncc2)nc1=O. The molecule has 0 fully saturated rings. The highest BCUT2D eigenvalue weighted by molar-refractivity contribution is 5.98. The van der Waals surface area contributed by atoms with Crippen LogP contribution in [-0.2, 0) is 7.05 Å². The van der Waals surface area contributed by atoms with Crippen molar-refractivity contribution in [2.45, 2.75) is 0 Å². The molecule has 0 aliphatic carbocycles. The molecule has 7 nitrogen and oxygen atoms in total. The Morgan fingerprint density at radius 3 is 2.50 bits per heavy atom. The molecule has 24 heavy (non-hydrogen) atoms. The highest BCUT2D eigenvalue weighted by Gasteiger charge is 2.11. The normalized spacial score (nSPS) is 10.4. The first-order chi connectivity index (χ1) is 11.6. The molecule has 3 rings (SSSR count). The molecule has 0 aliphatic heterocycles. The minimum Gasteiger partial charge on any atom is -0.348 e. The molecule has 0 unspecified atom stereocenters. The lowest BCUT2D eigenvalue weighted by Crippen LogP contribution is -2.27. The summed E-state index contributed by atoms with van der Waals surface area (Å²) >= 11 is 0. The van der Waals surface area contributed by atoms with E-state index in [0.717, 1.165) is 0 Å². The summed E-state index contributed by atoms with van der Waals surface area (Å²) in [5, 5.41) is 2.91. The number of carbonyl (C=O) groups excluding carboxylic acids is 1. The van der Waals surface area contributed by atoms with Crippen molar-refractivity contribution in [1.82, 2.24) is 19.5 Å². The van der Waals surface area contributed by atoms with Gasteiger partial charge >= 0.3 is 5.69 Å². The third-order valence-electron chi connectivity index (χ3n) is 3.46. The van der Waals surface area contributed by atoms with Gasteiger partial charge in [0.05, 0.1) is 6.54 Å². The third kappa shape index (κ3) is 3.35. The molecule has 0 saturated heterocycles. The fraction of sp³-hybridized carbons (Fsp3) is 0.118. The molecule has 7 heteroatoms. The van der Waals surface area contributed by atoms with Gasteiger partial charge in [-0.05, 0) is 12.1 Å². The molecule has 1 aromatic carbocycles. The van der Waals surface area contributed by atoms with Gasteiger partial charge < -0.3 is 5.32 Å². The standard InChI is InChI=1S/C17H15N5O2/c1-22-16(19-11-14(23)12-5-3-2-4-6-12)20-15(21-17(22)24)13-7-9-18-10-8-13/h2-10H,11H2,1H3,(H,19,20,21,24). The highest BCUT2D eigenvalue weighted by Crippen LogP contribution is 2.13. The Kier molecular flexibility index (Phi) is 4.42. The van der Waals surface area contributed by atoms with Crippen molar-refractivity contribution in [3.63, 3.8) is 0 Å². The number of nitrogens with one attached hydrogen (secondary N) is 1. The first kappa shape index (κ1) is 15.5. The van der Waals surface area contributed by atoms with E-state index in [9.17, 15) is 9.59 Å². The van der Waals surface area contributed by atoms with E-state index in [1.165, 1.54) is 4.57 Å². The summed E-state index contributed by atoms with van der Waals surface area (Å²) in [6.07, 6.45) is 3.20. The maximum Gasteiger partial charge on any atom is 0.352 e. The molecule has 2 aromatic heterocycles. The maximum absolute atomic E-state index is 12.2. The summed E-state index contributed by atoms with van der Waals surface area (Å²) < 4.78 is 1.27. The second kappa shape index (κ2) is 6.82. The Hall–Kier alpha value is -3.35. The summed E-state index contributed by atoms with van der Waals surface area (Å²) in [7, 11) is 1.55. The minimum absolute atomic E-state index is 0.0318. The van der Waals surface area contributed by atoms with Crippen molar-refractivity contribution in [1.29, 1.82) is 0 Å². The van der Waals surface area contributed by atoms with Gasteiger partial charge in [0.1, 0.15) is 0 Å². The van der Waals surface area contributed by atoms with Crippen LogP contribution in [0.25, 0.3) is 11.4 Å². The lowest BCUT2D eigenvalue weighted by Gasteiger charge is -2.10. The predicted octanol–water partition coefficient (Wildman–Crippen LogP) is 1.53. The number of hydrogen-bond acceptors (Lipinski definition) is 6. The van der Waals surface area contributed by atoms with Gasteiger partial charge in [-0.2, -0.15) is 9.97 Å². The van der Waals surface area contributed by atoms with Gasteiger partial charge in [0, 0.05) is 30.6 Å². The molecule has 3 aromatic rings. The number of pyridine rings is 1. The summed E-state index contributed by atoms with van der Waals surface area (Å²) in [6, 6.07) is 12.4. The number of carbonyl (C=O) groups is 1. The van der Waals surface area contributed by atoms with Crippen molar-refractivity contribution in [3.05, 3.63) is 70.9 Å². The number of benzene rings is 1. The van der Waals surface area contributed by atoms with Gasteiger partial charge in [-0.1, -0.05) is 30.3 Å². The molecule has 2 heterocycles. The summed E-state index contributed by atoms with van der Waals surface area (Å²) in [5.74, 6) is 0.480. The van der Waals surface area contributed by atoms with E-state index < -0.39 is 5.69 Å². The second-order valence-electron chi connectivity index (χ2n) is 5.09. The van der Waals surface area contributed by atoms with Crippen LogP contribution in [0, 0.1) is 0 Å². The van der Waals surface area contributed by atoms with Crippen LogP contribution in [0.5, 0.6) is 0 Å². The topological polar surface area (TPSA) is 89.8 Å². The molecular formula is C17H15N5O2. The van der Waals surface area contributed by atoms with Crippen LogP contribution in [0.4, 0.5) is 5.95 Å². The lowest BCUT2D eigenvalue weighted by molar-refractivity contribution is 0.101. The lowest BCUT2D eigenvalue weighted by atomic mass is 10.1. The van der Waals surface area contributed by atoms with E-state index in [2.05, 4.69) is 20.3 Å². The fourth-order valence-corrected chi connectivity index (χ4v) is 2.13. The van der Waals surface area contributed by atoms with Gasteiger partial charge in [0.15, 0.2) is 11.6 Å². The third-order valence-corrected chi connectivity index (χ3v) is 3.46.